The van der Waals surface area contributed by atoms with Crippen LogP contribution >= 0.6 is 0 Å². The summed E-state index contributed by atoms with van der Waals surface area (Å²) in [7, 11) is 0. The Labute approximate surface area is 97.9 Å². The quantitative estimate of drug-likeness (QED) is 0.580. The van der Waals surface area contributed by atoms with Crippen LogP contribution in [0, 0.1) is 5.92 Å². The van der Waals surface area contributed by atoms with E-state index in [0.717, 1.165) is 32.2 Å². The van der Waals surface area contributed by atoms with Crippen molar-refractivity contribution in [1.29, 1.82) is 0 Å². The lowest BCUT2D eigenvalue weighted by Gasteiger charge is -2.31. The molecule has 0 bridgehead atoms. The molecule has 4 nitrogen and oxygen atoms in total. The molecular weight excluding hydrogens is 204 g/mol. The van der Waals surface area contributed by atoms with E-state index in [0.29, 0.717) is 19.1 Å². The molecule has 1 rings (SSSR count). The van der Waals surface area contributed by atoms with Gasteiger partial charge in [-0.2, -0.15) is 0 Å². The van der Waals surface area contributed by atoms with Crippen molar-refractivity contribution in [2.24, 2.45) is 11.7 Å². The molecule has 0 radical (unpaired) electrons. The molecule has 94 valence electrons. The summed E-state index contributed by atoms with van der Waals surface area (Å²) in [5, 5.41) is 3.30. The molecule has 0 heterocycles. The lowest BCUT2D eigenvalue weighted by Crippen LogP contribution is -2.60. The number of hydrogen-bond donors (Lipinski definition) is 2. The Hall–Kier alpha value is -0.610. The molecule has 1 aliphatic carbocycles. The number of nitrogens with one attached hydrogen (secondary N) is 1. The van der Waals surface area contributed by atoms with E-state index >= 15 is 0 Å². The molecule has 16 heavy (non-hydrogen) atoms. The molecule has 0 aromatic rings. The largest absolute Gasteiger partial charge is 0.379 e. The lowest BCUT2D eigenvalue weighted by atomic mass is 9.93. The van der Waals surface area contributed by atoms with Crippen LogP contribution < -0.4 is 11.1 Å². The van der Waals surface area contributed by atoms with Gasteiger partial charge in [-0.15, -0.1) is 0 Å². The van der Waals surface area contributed by atoms with E-state index < -0.39 is 5.54 Å². The van der Waals surface area contributed by atoms with Gasteiger partial charge in [0.05, 0.1) is 6.61 Å². The van der Waals surface area contributed by atoms with Crippen molar-refractivity contribution >= 4 is 5.91 Å². The zero-order chi connectivity index (χ0) is 12.0. The van der Waals surface area contributed by atoms with Crippen LogP contribution in [0.5, 0.6) is 0 Å². The second-order valence-corrected chi connectivity index (χ2v) is 4.59. The van der Waals surface area contributed by atoms with Crippen LogP contribution in [0.2, 0.25) is 0 Å². The number of hydrogen-bond acceptors (Lipinski definition) is 3. The monoisotopic (exact) mass is 228 g/mol. The first-order chi connectivity index (χ1) is 7.67. The normalized spacial score (nSPS) is 19.4. The van der Waals surface area contributed by atoms with Gasteiger partial charge in [-0.1, -0.05) is 13.8 Å². The highest BCUT2D eigenvalue weighted by Crippen LogP contribution is 2.40. The van der Waals surface area contributed by atoms with E-state index in [1.165, 1.54) is 0 Å². The number of amides is 1. The van der Waals surface area contributed by atoms with Gasteiger partial charge >= 0.3 is 0 Å². The average Bonchev–Trinajstić information content (AvgIpc) is 3.07. The predicted molar refractivity (Wildman–Crippen MR) is 64.1 cm³/mol. The van der Waals surface area contributed by atoms with E-state index in [9.17, 15) is 4.79 Å². The molecule has 1 aliphatic rings. The zero-order valence-electron chi connectivity index (χ0n) is 10.4. The van der Waals surface area contributed by atoms with Crippen molar-refractivity contribution in [3.8, 4) is 0 Å². The van der Waals surface area contributed by atoms with Crippen molar-refractivity contribution in [3.05, 3.63) is 0 Å². The first kappa shape index (κ1) is 13.5. The van der Waals surface area contributed by atoms with E-state index in [1.54, 1.807) is 0 Å². The van der Waals surface area contributed by atoms with E-state index in [2.05, 4.69) is 19.2 Å². The molecule has 3 N–H and O–H groups in total. The maximum atomic E-state index is 11.7. The summed E-state index contributed by atoms with van der Waals surface area (Å²) < 4.78 is 5.54. The van der Waals surface area contributed by atoms with Crippen LogP contribution in [0.15, 0.2) is 0 Å². The third-order valence-electron chi connectivity index (χ3n) is 3.08. The highest BCUT2D eigenvalue weighted by molar-refractivity contribution is 5.85. The first-order valence-corrected chi connectivity index (χ1v) is 6.30. The maximum Gasteiger partial charge on any atom is 0.240 e. The first-order valence-electron chi connectivity index (χ1n) is 6.30. The van der Waals surface area contributed by atoms with Gasteiger partial charge in [0.1, 0.15) is 5.54 Å². The third-order valence-corrected chi connectivity index (χ3v) is 3.08. The van der Waals surface area contributed by atoms with Crippen LogP contribution in [0.4, 0.5) is 0 Å². The van der Waals surface area contributed by atoms with Gasteiger partial charge < -0.3 is 15.8 Å². The second-order valence-electron chi connectivity index (χ2n) is 4.59. The van der Waals surface area contributed by atoms with Crippen molar-refractivity contribution in [2.45, 2.75) is 45.1 Å². The smallest absolute Gasteiger partial charge is 0.240 e. The summed E-state index contributed by atoms with van der Waals surface area (Å²) in [6, 6.07) is 0. The van der Waals surface area contributed by atoms with Gasteiger partial charge in [0.2, 0.25) is 5.91 Å². The minimum absolute atomic E-state index is 0.264. The lowest BCUT2D eigenvalue weighted by molar-refractivity contribution is -0.128. The van der Waals surface area contributed by atoms with E-state index in [1.807, 2.05) is 0 Å². The van der Waals surface area contributed by atoms with Crippen LogP contribution in [-0.2, 0) is 9.53 Å². The van der Waals surface area contributed by atoms with Gasteiger partial charge in [-0.05, 0) is 38.1 Å². The number of rotatable bonds is 9. The molecule has 1 fully saturated rings. The standard InChI is InChI=1S/C12H24N2O2/c1-3-7-14-12(11(13)15,10-5-6-10)9-16-8-4-2/h10,14H,3-9H2,1-2H3,(H2,13,15). The van der Waals surface area contributed by atoms with Crippen LogP contribution in [-0.4, -0.2) is 31.2 Å². The fourth-order valence-corrected chi connectivity index (χ4v) is 1.97. The number of primary amides is 1. The van der Waals surface area contributed by atoms with Crippen molar-refractivity contribution in [3.63, 3.8) is 0 Å². The molecule has 1 saturated carbocycles. The number of nitrogens with two attached hydrogens (primary N) is 1. The SMILES string of the molecule is CCCNC(COCCC)(C(N)=O)C1CC1. The summed E-state index contributed by atoms with van der Waals surface area (Å²) in [4.78, 5) is 11.7. The van der Waals surface area contributed by atoms with E-state index in [4.69, 9.17) is 10.5 Å². The fraction of sp³-hybridized carbons (Fsp3) is 0.917. The summed E-state index contributed by atoms with van der Waals surface area (Å²) >= 11 is 0. The van der Waals surface area contributed by atoms with Crippen molar-refractivity contribution in [2.75, 3.05) is 19.8 Å². The number of ether oxygens (including phenoxy) is 1. The highest BCUT2D eigenvalue weighted by Gasteiger charge is 2.49. The van der Waals surface area contributed by atoms with Gasteiger partial charge in [-0.3, -0.25) is 4.79 Å². The second kappa shape index (κ2) is 6.21. The zero-order valence-corrected chi connectivity index (χ0v) is 10.4. The molecule has 0 aromatic carbocycles. The maximum absolute atomic E-state index is 11.7. The van der Waals surface area contributed by atoms with Gasteiger partial charge in [0, 0.05) is 6.61 Å². The molecule has 0 aromatic heterocycles. The summed E-state index contributed by atoms with van der Waals surface area (Å²) in [6.45, 7) is 6.06. The van der Waals surface area contributed by atoms with Gasteiger partial charge in [0.15, 0.2) is 0 Å². The van der Waals surface area contributed by atoms with E-state index in [-0.39, 0.29) is 5.91 Å². The Bertz CT molecular complexity index is 229. The number of carbonyl (C=O) groups is 1. The molecular formula is C12H24N2O2. The summed E-state index contributed by atoms with van der Waals surface area (Å²) in [5.74, 6) is 0.105. The predicted octanol–water partition coefficient (Wildman–Crippen LogP) is 1.05. The molecule has 4 heteroatoms. The van der Waals surface area contributed by atoms with Crippen LogP contribution in [0.3, 0.4) is 0 Å². The third kappa shape index (κ3) is 3.19. The van der Waals surface area contributed by atoms with Crippen molar-refractivity contribution < 1.29 is 9.53 Å². The highest BCUT2D eigenvalue weighted by atomic mass is 16.5. The summed E-state index contributed by atoms with van der Waals surface area (Å²) in [6.07, 6.45) is 4.12. The molecule has 1 atom stereocenters. The topological polar surface area (TPSA) is 64.3 Å². The summed E-state index contributed by atoms with van der Waals surface area (Å²) in [5.41, 5.74) is 4.93. The molecule has 0 aliphatic heterocycles. The van der Waals surface area contributed by atoms with Gasteiger partial charge in [0.25, 0.3) is 0 Å². The minimum atomic E-state index is -0.620. The minimum Gasteiger partial charge on any atom is -0.379 e. The molecule has 1 amide bonds. The Balaban J connectivity index is 2.59. The molecule has 0 spiro atoms. The average molecular weight is 228 g/mol. The van der Waals surface area contributed by atoms with Crippen molar-refractivity contribution in [1.82, 2.24) is 5.32 Å². The van der Waals surface area contributed by atoms with Crippen LogP contribution in [0.25, 0.3) is 0 Å². The Kier molecular flexibility index (Phi) is 5.22. The fourth-order valence-electron chi connectivity index (χ4n) is 1.97. The Morgan fingerprint density at radius 3 is 2.56 bits per heavy atom. The Morgan fingerprint density at radius 2 is 2.12 bits per heavy atom. The van der Waals surface area contributed by atoms with Crippen LogP contribution in [0.1, 0.15) is 39.5 Å². The van der Waals surface area contributed by atoms with Gasteiger partial charge in [-0.25, -0.2) is 0 Å². The number of carbonyl (C=O) groups excluding carboxylic acids is 1. The Morgan fingerprint density at radius 1 is 1.44 bits per heavy atom. The molecule has 0 saturated heterocycles. The molecule has 1 unspecified atom stereocenters.